The molecule has 0 aliphatic heterocycles. The molecule has 0 saturated carbocycles. The van der Waals surface area contributed by atoms with E-state index in [9.17, 15) is 13.5 Å². The number of rotatable bonds is 5. The molecule has 0 aliphatic carbocycles. The minimum atomic E-state index is -3.72. The fourth-order valence-corrected chi connectivity index (χ4v) is 3.08. The molecule has 0 radical (unpaired) electrons. The number of sulfonamides is 1. The SMILES string of the molecule is O=S(=O)(N[C@@H](O)Cc1ccccc1)c1ccc(Br)cc1. The third-order valence-corrected chi connectivity index (χ3v) is 4.69. The molecule has 0 aromatic heterocycles. The van der Waals surface area contributed by atoms with E-state index in [4.69, 9.17) is 0 Å². The highest BCUT2D eigenvalue weighted by atomic mass is 79.9. The molecule has 20 heavy (non-hydrogen) atoms. The van der Waals surface area contributed by atoms with Crippen LogP contribution >= 0.6 is 15.9 Å². The van der Waals surface area contributed by atoms with Gasteiger partial charge in [0.25, 0.3) is 0 Å². The van der Waals surface area contributed by atoms with Crippen LogP contribution in [0.15, 0.2) is 64.0 Å². The lowest BCUT2D eigenvalue weighted by molar-refractivity contribution is 0.164. The maximum atomic E-state index is 12.1. The van der Waals surface area contributed by atoms with Crippen LogP contribution < -0.4 is 4.72 Å². The molecular weight excluding hydrogens is 342 g/mol. The zero-order chi connectivity index (χ0) is 14.6. The van der Waals surface area contributed by atoms with Crippen LogP contribution in [-0.4, -0.2) is 19.8 Å². The predicted molar refractivity (Wildman–Crippen MR) is 80.6 cm³/mol. The van der Waals surface area contributed by atoms with Gasteiger partial charge in [0.05, 0.1) is 4.90 Å². The van der Waals surface area contributed by atoms with Gasteiger partial charge in [0.1, 0.15) is 6.23 Å². The van der Waals surface area contributed by atoms with E-state index in [0.717, 1.165) is 10.0 Å². The molecule has 0 heterocycles. The number of hydrogen-bond donors (Lipinski definition) is 2. The standard InChI is InChI=1S/C14H14BrNO3S/c15-12-6-8-13(9-7-12)20(18,19)16-14(17)10-11-4-2-1-3-5-11/h1-9,14,16-17H,10H2/t14-/m0/s1. The smallest absolute Gasteiger partial charge is 0.242 e. The first-order valence-electron chi connectivity index (χ1n) is 5.97. The van der Waals surface area contributed by atoms with Gasteiger partial charge in [-0.3, -0.25) is 0 Å². The Hall–Kier alpha value is -1.21. The Labute approximate surface area is 126 Å². The Bertz CT molecular complexity index is 657. The van der Waals surface area contributed by atoms with Crippen LogP contribution in [0.25, 0.3) is 0 Å². The van der Waals surface area contributed by atoms with E-state index < -0.39 is 16.3 Å². The highest BCUT2D eigenvalue weighted by Crippen LogP contribution is 2.15. The molecule has 2 aromatic rings. The number of hydrogen-bond acceptors (Lipinski definition) is 3. The Morgan fingerprint density at radius 3 is 2.25 bits per heavy atom. The summed E-state index contributed by atoms with van der Waals surface area (Å²) in [6.07, 6.45) is -0.942. The van der Waals surface area contributed by atoms with Crippen molar-refractivity contribution >= 4 is 26.0 Å². The van der Waals surface area contributed by atoms with Gasteiger partial charge in [-0.05, 0) is 29.8 Å². The van der Waals surface area contributed by atoms with Gasteiger partial charge in [-0.15, -0.1) is 0 Å². The van der Waals surface area contributed by atoms with Crippen molar-refractivity contribution in [1.82, 2.24) is 4.72 Å². The van der Waals surface area contributed by atoms with E-state index >= 15 is 0 Å². The quantitative estimate of drug-likeness (QED) is 0.808. The largest absolute Gasteiger partial charge is 0.377 e. The third-order valence-electron chi connectivity index (χ3n) is 2.69. The number of nitrogens with one attached hydrogen (secondary N) is 1. The number of aliphatic hydroxyl groups excluding tert-OH is 1. The van der Waals surface area contributed by atoms with Gasteiger partial charge in [-0.25, -0.2) is 8.42 Å². The minimum absolute atomic E-state index is 0.118. The Balaban J connectivity index is 2.06. The van der Waals surface area contributed by atoms with Crippen molar-refractivity contribution < 1.29 is 13.5 Å². The van der Waals surface area contributed by atoms with Gasteiger partial charge in [0, 0.05) is 10.9 Å². The Kier molecular flexibility index (Phi) is 4.93. The van der Waals surface area contributed by atoms with E-state index in [0.29, 0.717) is 0 Å². The summed E-state index contributed by atoms with van der Waals surface area (Å²) in [4.78, 5) is 0.118. The summed E-state index contributed by atoms with van der Waals surface area (Å²) >= 11 is 3.24. The van der Waals surface area contributed by atoms with Gasteiger partial charge < -0.3 is 5.11 Å². The van der Waals surface area contributed by atoms with Gasteiger partial charge in [0.2, 0.25) is 10.0 Å². The summed E-state index contributed by atoms with van der Waals surface area (Å²) in [5, 5.41) is 9.85. The Morgan fingerprint density at radius 1 is 1.05 bits per heavy atom. The highest BCUT2D eigenvalue weighted by Gasteiger charge is 2.18. The molecule has 2 N–H and O–H groups in total. The van der Waals surface area contributed by atoms with Crippen LogP contribution in [0.1, 0.15) is 5.56 Å². The Morgan fingerprint density at radius 2 is 1.65 bits per heavy atom. The normalized spacial score (nSPS) is 13.1. The summed E-state index contributed by atoms with van der Waals surface area (Å²) < 4.78 is 27.2. The van der Waals surface area contributed by atoms with E-state index in [2.05, 4.69) is 20.7 Å². The first kappa shape index (κ1) is 15.2. The molecule has 0 aliphatic rings. The maximum absolute atomic E-state index is 12.1. The molecule has 106 valence electrons. The van der Waals surface area contributed by atoms with E-state index in [1.165, 1.54) is 12.1 Å². The number of aliphatic hydroxyl groups is 1. The topological polar surface area (TPSA) is 66.4 Å². The fourth-order valence-electron chi connectivity index (χ4n) is 1.74. The zero-order valence-electron chi connectivity index (χ0n) is 10.5. The van der Waals surface area contributed by atoms with Crippen molar-refractivity contribution in [3.63, 3.8) is 0 Å². The lowest BCUT2D eigenvalue weighted by atomic mass is 10.1. The van der Waals surface area contributed by atoms with E-state index in [1.807, 2.05) is 30.3 Å². The van der Waals surface area contributed by atoms with Crippen molar-refractivity contribution in [2.75, 3.05) is 0 Å². The third kappa shape index (κ3) is 4.14. The molecule has 6 heteroatoms. The van der Waals surface area contributed by atoms with Crippen LogP contribution in [0.4, 0.5) is 0 Å². The van der Waals surface area contributed by atoms with Crippen molar-refractivity contribution in [2.24, 2.45) is 0 Å². The monoisotopic (exact) mass is 355 g/mol. The molecule has 0 unspecified atom stereocenters. The zero-order valence-corrected chi connectivity index (χ0v) is 12.9. The summed E-state index contributed by atoms with van der Waals surface area (Å²) in [7, 11) is -3.72. The summed E-state index contributed by atoms with van der Waals surface area (Å²) in [5.74, 6) is 0. The molecule has 2 aromatic carbocycles. The average molecular weight is 356 g/mol. The fraction of sp³-hybridized carbons (Fsp3) is 0.143. The lowest BCUT2D eigenvalue weighted by Gasteiger charge is -2.13. The molecule has 2 rings (SSSR count). The molecule has 0 bridgehead atoms. The summed E-state index contributed by atoms with van der Waals surface area (Å²) in [5.41, 5.74) is 0.860. The second kappa shape index (κ2) is 6.49. The van der Waals surface area contributed by atoms with Crippen molar-refractivity contribution in [1.29, 1.82) is 0 Å². The van der Waals surface area contributed by atoms with Gasteiger partial charge in [0.15, 0.2) is 0 Å². The second-order valence-electron chi connectivity index (χ2n) is 4.28. The van der Waals surface area contributed by atoms with Gasteiger partial charge in [-0.2, -0.15) is 4.72 Å². The van der Waals surface area contributed by atoms with E-state index in [1.54, 1.807) is 12.1 Å². The van der Waals surface area contributed by atoms with Crippen molar-refractivity contribution in [3.05, 3.63) is 64.6 Å². The molecule has 0 spiro atoms. The van der Waals surface area contributed by atoms with Crippen LogP contribution in [-0.2, 0) is 16.4 Å². The minimum Gasteiger partial charge on any atom is -0.377 e. The second-order valence-corrected chi connectivity index (χ2v) is 6.91. The molecule has 4 nitrogen and oxygen atoms in total. The average Bonchev–Trinajstić information content (AvgIpc) is 2.39. The van der Waals surface area contributed by atoms with Gasteiger partial charge >= 0.3 is 0 Å². The number of benzene rings is 2. The molecule has 0 fully saturated rings. The highest BCUT2D eigenvalue weighted by molar-refractivity contribution is 9.10. The molecule has 1 atom stereocenters. The molecule has 0 amide bonds. The van der Waals surface area contributed by atoms with Crippen LogP contribution in [0.5, 0.6) is 0 Å². The predicted octanol–water partition coefficient (Wildman–Crippen LogP) is 2.29. The van der Waals surface area contributed by atoms with E-state index in [-0.39, 0.29) is 11.3 Å². The van der Waals surface area contributed by atoms with Crippen molar-refractivity contribution in [2.45, 2.75) is 17.5 Å². The van der Waals surface area contributed by atoms with Crippen LogP contribution in [0.2, 0.25) is 0 Å². The van der Waals surface area contributed by atoms with Crippen LogP contribution in [0, 0.1) is 0 Å². The molecular formula is C14H14BrNO3S. The number of halogens is 1. The summed E-state index contributed by atoms with van der Waals surface area (Å²) in [6.45, 7) is 0. The lowest BCUT2D eigenvalue weighted by Crippen LogP contribution is -2.36. The maximum Gasteiger partial charge on any atom is 0.242 e. The van der Waals surface area contributed by atoms with Crippen molar-refractivity contribution in [3.8, 4) is 0 Å². The molecule has 0 saturated heterocycles. The van der Waals surface area contributed by atoms with Gasteiger partial charge in [-0.1, -0.05) is 46.3 Å². The summed E-state index contributed by atoms with van der Waals surface area (Å²) in [6, 6.07) is 15.4. The first-order chi connectivity index (χ1) is 9.47. The van der Waals surface area contributed by atoms with Crippen LogP contribution in [0.3, 0.4) is 0 Å². The first-order valence-corrected chi connectivity index (χ1v) is 8.25.